The minimum Gasteiger partial charge on any atom is -0.497 e. The van der Waals surface area contributed by atoms with E-state index in [4.69, 9.17) is 16.3 Å². The standard InChI is InChI=1S/C27H37ClN2O2/c1-19(2)14-30(27(31)20(3)4)17-23-16-29(15-21-9-11-24(28)12-10-21)18-26(23)22-7-6-8-25(13-22)32-5/h6-13,19-20,23,26H,14-18H2,1-5H3/t23-,26-/m1/s1. The summed E-state index contributed by atoms with van der Waals surface area (Å²) in [5.74, 6) is 2.31. The minimum absolute atomic E-state index is 0.00981. The Labute approximate surface area is 198 Å². The zero-order valence-electron chi connectivity index (χ0n) is 20.1. The number of ether oxygens (including phenoxy) is 1. The van der Waals surface area contributed by atoms with Gasteiger partial charge in [-0.15, -0.1) is 0 Å². The fourth-order valence-electron chi connectivity index (χ4n) is 4.72. The third kappa shape index (κ3) is 6.49. The number of halogens is 1. The lowest BCUT2D eigenvalue weighted by molar-refractivity contribution is -0.135. The van der Waals surface area contributed by atoms with Crippen LogP contribution in [0, 0.1) is 17.8 Å². The molecule has 1 aliphatic rings. The van der Waals surface area contributed by atoms with E-state index in [1.807, 2.05) is 32.0 Å². The first kappa shape index (κ1) is 24.6. The second-order valence-corrected chi connectivity index (χ2v) is 10.2. The van der Waals surface area contributed by atoms with Crippen molar-refractivity contribution in [1.82, 2.24) is 9.80 Å². The normalized spacial score (nSPS) is 19.0. The van der Waals surface area contributed by atoms with Gasteiger partial charge in [0.1, 0.15) is 5.75 Å². The molecule has 0 saturated carbocycles. The summed E-state index contributed by atoms with van der Waals surface area (Å²) in [6.07, 6.45) is 0. The van der Waals surface area contributed by atoms with Crippen LogP contribution in [0.15, 0.2) is 48.5 Å². The van der Waals surface area contributed by atoms with Crippen molar-refractivity contribution in [3.05, 3.63) is 64.7 Å². The van der Waals surface area contributed by atoms with Gasteiger partial charge in [0.15, 0.2) is 0 Å². The number of likely N-dealkylation sites (tertiary alicyclic amines) is 1. The summed E-state index contributed by atoms with van der Waals surface area (Å²) in [6, 6.07) is 16.5. The number of amides is 1. The Morgan fingerprint density at radius 1 is 1.12 bits per heavy atom. The van der Waals surface area contributed by atoms with Crippen molar-refractivity contribution >= 4 is 17.5 Å². The van der Waals surface area contributed by atoms with Crippen molar-refractivity contribution in [3.63, 3.8) is 0 Å². The Balaban J connectivity index is 1.84. The van der Waals surface area contributed by atoms with E-state index >= 15 is 0 Å². The number of hydrogen-bond donors (Lipinski definition) is 0. The van der Waals surface area contributed by atoms with Gasteiger partial charge in [-0.05, 0) is 47.2 Å². The monoisotopic (exact) mass is 456 g/mol. The van der Waals surface area contributed by atoms with Gasteiger partial charge in [-0.1, -0.05) is 63.6 Å². The molecule has 0 bridgehead atoms. The van der Waals surface area contributed by atoms with E-state index in [0.717, 1.165) is 43.5 Å². The first-order valence-corrected chi connectivity index (χ1v) is 12.0. The van der Waals surface area contributed by atoms with Crippen molar-refractivity contribution in [2.45, 2.75) is 40.2 Å². The molecule has 5 heteroatoms. The molecule has 0 radical (unpaired) electrons. The van der Waals surface area contributed by atoms with E-state index in [1.165, 1.54) is 11.1 Å². The SMILES string of the molecule is COc1cccc([C@H]2CN(Cc3ccc(Cl)cc3)C[C@@H]2CN(CC(C)C)C(=O)C(C)C)c1. The van der Waals surface area contributed by atoms with Crippen LogP contribution in [0.4, 0.5) is 0 Å². The van der Waals surface area contributed by atoms with E-state index in [2.05, 4.69) is 54.0 Å². The van der Waals surface area contributed by atoms with Crippen LogP contribution in [0.2, 0.25) is 5.02 Å². The molecule has 0 aliphatic carbocycles. The number of hydrogen-bond acceptors (Lipinski definition) is 3. The maximum atomic E-state index is 13.0. The zero-order valence-corrected chi connectivity index (χ0v) is 20.8. The lowest BCUT2D eigenvalue weighted by Crippen LogP contribution is -2.41. The largest absolute Gasteiger partial charge is 0.497 e. The molecular formula is C27H37ClN2O2. The molecule has 32 heavy (non-hydrogen) atoms. The third-order valence-corrected chi connectivity index (χ3v) is 6.46. The molecule has 1 saturated heterocycles. The van der Waals surface area contributed by atoms with Crippen LogP contribution in [0.3, 0.4) is 0 Å². The van der Waals surface area contributed by atoms with Gasteiger partial charge in [-0.3, -0.25) is 9.69 Å². The number of benzene rings is 2. The van der Waals surface area contributed by atoms with Gasteiger partial charge in [0.2, 0.25) is 5.91 Å². The average Bonchev–Trinajstić information content (AvgIpc) is 3.16. The van der Waals surface area contributed by atoms with Crippen LogP contribution in [-0.4, -0.2) is 49.0 Å². The summed E-state index contributed by atoms with van der Waals surface area (Å²) in [5.41, 5.74) is 2.55. The van der Waals surface area contributed by atoms with Crippen molar-refractivity contribution in [1.29, 1.82) is 0 Å². The fraction of sp³-hybridized carbons (Fsp3) is 0.519. The van der Waals surface area contributed by atoms with Crippen LogP contribution in [-0.2, 0) is 11.3 Å². The molecule has 1 amide bonds. The summed E-state index contributed by atoms with van der Waals surface area (Å²) in [5, 5.41) is 0.763. The summed E-state index contributed by atoms with van der Waals surface area (Å²) in [7, 11) is 1.71. The third-order valence-electron chi connectivity index (χ3n) is 6.20. The molecule has 0 aromatic heterocycles. The van der Waals surface area contributed by atoms with Gasteiger partial charge < -0.3 is 9.64 Å². The summed E-state index contributed by atoms with van der Waals surface area (Å²) < 4.78 is 5.50. The van der Waals surface area contributed by atoms with Gasteiger partial charge in [0.05, 0.1) is 7.11 Å². The number of carbonyl (C=O) groups excluding carboxylic acids is 1. The highest BCUT2D eigenvalue weighted by molar-refractivity contribution is 6.30. The van der Waals surface area contributed by atoms with Crippen molar-refractivity contribution < 1.29 is 9.53 Å². The van der Waals surface area contributed by atoms with Crippen molar-refractivity contribution in [2.75, 3.05) is 33.3 Å². The smallest absolute Gasteiger partial charge is 0.225 e. The lowest BCUT2D eigenvalue weighted by Gasteiger charge is -2.31. The van der Waals surface area contributed by atoms with Gasteiger partial charge in [0, 0.05) is 49.6 Å². The molecule has 0 spiro atoms. The molecule has 0 N–H and O–H groups in total. The van der Waals surface area contributed by atoms with Crippen molar-refractivity contribution in [3.8, 4) is 5.75 Å². The number of rotatable bonds is 9. The van der Waals surface area contributed by atoms with Gasteiger partial charge in [-0.25, -0.2) is 0 Å². The van der Waals surface area contributed by atoms with E-state index in [9.17, 15) is 4.79 Å². The Morgan fingerprint density at radius 2 is 1.84 bits per heavy atom. The molecule has 1 heterocycles. The molecule has 3 rings (SSSR count). The molecule has 2 aromatic carbocycles. The molecular weight excluding hydrogens is 420 g/mol. The van der Waals surface area contributed by atoms with Gasteiger partial charge in [0.25, 0.3) is 0 Å². The second kappa shape index (κ2) is 11.2. The summed E-state index contributed by atoms with van der Waals surface area (Å²) in [6.45, 7) is 12.8. The minimum atomic E-state index is 0.00981. The highest BCUT2D eigenvalue weighted by Crippen LogP contribution is 2.36. The molecule has 1 fully saturated rings. The molecule has 0 unspecified atom stereocenters. The van der Waals surface area contributed by atoms with E-state index in [1.54, 1.807) is 7.11 Å². The predicted molar refractivity (Wildman–Crippen MR) is 132 cm³/mol. The molecule has 2 aromatic rings. The van der Waals surface area contributed by atoms with Crippen LogP contribution >= 0.6 is 11.6 Å². The zero-order chi connectivity index (χ0) is 23.3. The Hall–Kier alpha value is -2.04. The van der Waals surface area contributed by atoms with Crippen LogP contribution in [0.25, 0.3) is 0 Å². The quantitative estimate of drug-likeness (QED) is 0.484. The molecule has 4 nitrogen and oxygen atoms in total. The van der Waals surface area contributed by atoms with Crippen LogP contribution in [0.5, 0.6) is 5.75 Å². The van der Waals surface area contributed by atoms with E-state index in [0.29, 0.717) is 17.8 Å². The summed E-state index contributed by atoms with van der Waals surface area (Å²) in [4.78, 5) is 17.6. The molecule has 2 atom stereocenters. The van der Waals surface area contributed by atoms with Crippen LogP contribution < -0.4 is 4.74 Å². The van der Waals surface area contributed by atoms with E-state index < -0.39 is 0 Å². The maximum Gasteiger partial charge on any atom is 0.225 e. The topological polar surface area (TPSA) is 32.8 Å². The highest BCUT2D eigenvalue weighted by Gasteiger charge is 2.36. The van der Waals surface area contributed by atoms with E-state index in [-0.39, 0.29) is 11.8 Å². The Morgan fingerprint density at radius 3 is 2.47 bits per heavy atom. The first-order chi connectivity index (χ1) is 15.3. The summed E-state index contributed by atoms with van der Waals surface area (Å²) >= 11 is 6.07. The number of methoxy groups -OCH3 is 1. The number of carbonyl (C=O) groups is 1. The second-order valence-electron chi connectivity index (χ2n) is 9.76. The maximum absolute atomic E-state index is 13.0. The fourth-order valence-corrected chi connectivity index (χ4v) is 4.84. The van der Waals surface area contributed by atoms with Crippen molar-refractivity contribution in [2.24, 2.45) is 17.8 Å². The Bertz CT molecular complexity index is 881. The lowest BCUT2D eigenvalue weighted by atomic mass is 9.88. The Kier molecular flexibility index (Phi) is 8.61. The first-order valence-electron chi connectivity index (χ1n) is 11.7. The van der Waals surface area contributed by atoms with Gasteiger partial charge in [-0.2, -0.15) is 0 Å². The molecule has 174 valence electrons. The predicted octanol–water partition coefficient (Wildman–Crippen LogP) is 5.70. The highest BCUT2D eigenvalue weighted by atomic mass is 35.5. The van der Waals surface area contributed by atoms with Gasteiger partial charge >= 0.3 is 0 Å². The molecule has 1 aliphatic heterocycles. The number of nitrogens with zero attached hydrogens (tertiary/aromatic N) is 2. The van der Waals surface area contributed by atoms with Crippen LogP contribution in [0.1, 0.15) is 44.7 Å². The average molecular weight is 457 g/mol.